The molecule has 0 aliphatic heterocycles. The molecule has 0 saturated heterocycles. The topological polar surface area (TPSA) is 63.9 Å². The van der Waals surface area contributed by atoms with Crippen LogP contribution in [-0.2, 0) is 0 Å². The molecule has 0 saturated carbocycles. The van der Waals surface area contributed by atoms with Crippen molar-refractivity contribution in [3.05, 3.63) is 29.8 Å². The highest BCUT2D eigenvalue weighted by Crippen LogP contribution is 2.29. The van der Waals surface area contributed by atoms with Gasteiger partial charge < -0.3 is 10.5 Å². The van der Waals surface area contributed by atoms with Crippen molar-refractivity contribution in [2.75, 3.05) is 12.8 Å². The molecule has 0 spiro atoms. The van der Waals surface area contributed by atoms with E-state index < -0.39 is 0 Å². The van der Waals surface area contributed by atoms with Gasteiger partial charge in [-0.25, -0.2) is 0 Å². The molecule has 4 heteroatoms. The van der Waals surface area contributed by atoms with Crippen LogP contribution in [0.4, 0.5) is 5.82 Å². The molecule has 0 aliphatic rings. The van der Waals surface area contributed by atoms with E-state index in [4.69, 9.17) is 10.5 Å². The van der Waals surface area contributed by atoms with Crippen LogP contribution in [0.25, 0.3) is 11.3 Å². The van der Waals surface area contributed by atoms with Crippen molar-refractivity contribution in [3.63, 3.8) is 0 Å². The van der Waals surface area contributed by atoms with E-state index in [9.17, 15) is 0 Å². The Balaban J connectivity index is 2.55. The summed E-state index contributed by atoms with van der Waals surface area (Å²) in [4.78, 5) is 0. The van der Waals surface area contributed by atoms with Gasteiger partial charge in [0.1, 0.15) is 11.6 Å². The molecule has 0 fully saturated rings. The lowest BCUT2D eigenvalue weighted by atomic mass is 10.1. The number of hydrogen-bond donors (Lipinski definition) is 2. The molecule has 1 aromatic heterocycles. The van der Waals surface area contributed by atoms with Crippen molar-refractivity contribution in [1.82, 2.24) is 10.2 Å². The highest BCUT2D eigenvalue weighted by Gasteiger charge is 2.08. The SMILES string of the molecule is COc1ccc(C)cc1-c1cc(N)n[nH]1. The van der Waals surface area contributed by atoms with Gasteiger partial charge in [-0.1, -0.05) is 11.6 Å². The van der Waals surface area contributed by atoms with Gasteiger partial charge in [0.15, 0.2) is 0 Å². The zero-order valence-electron chi connectivity index (χ0n) is 8.74. The normalized spacial score (nSPS) is 10.3. The molecular formula is C11H13N3O. The molecular weight excluding hydrogens is 190 g/mol. The fourth-order valence-electron chi connectivity index (χ4n) is 1.51. The van der Waals surface area contributed by atoms with E-state index in [1.54, 1.807) is 13.2 Å². The summed E-state index contributed by atoms with van der Waals surface area (Å²) in [6.07, 6.45) is 0. The Morgan fingerprint density at radius 3 is 2.73 bits per heavy atom. The standard InChI is InChI=1S/C11H13N3O/c1-7-3-4-10(15-2)8(5-7)9-6-11(12)14-13-9/h3-6H,1-2H3,(H3,12,13,14). The molecule has 78 valence electrons. The predicted molar refractivity (Wildman–Crippen MR) is 59.7 cm³/mol. The Hall–Kier alpha value is -1.97. The second-order valence-electron chi connectivity index (χ2n) is 3.41. The minimum atomic E-state index is 0.480. The summed E-state index contributed by atoms with van der Waals surface area (Å²) in [7, 11) is 1.65. The average Bonchev–Trinajstić information content (AvgIpc) is 2.65. The van der Waals surface area contributed by atoms with E-state index in [2.05, 4.69) is 10.2 Å². The molecule has 4 nitrogen and oxygen atoms in total. The largest absolute Gasteiger partial charge is 0.496 e. The van der Waals surface area contributed by atoms with Crippen LogP contribution in [0.5, 0.6) is 5.75 Å². The third-order valence-electron chi connectivity index (χ3n) is 2.24. The Morgan fingerprint density at radius 1 is 1.33 bits per heavy atom. The van der Waals surface area contributed by atoms with Gasteiger partial charge in [-0.2, -0.15) is 5.10 Å². The number of ether oxygens (including phenoxy) is 1. The quantitative estimate of drug-likeness (QED) is 0.784. The van der Waals surface area contributed by atoms with Crippen LogP contribution in [-0.4, -0.2) is 17.3 Å². The summed E-state index contributed by atoms with van der Waals surface area (Å²) in [5.74, 6) is 1.29. The van der Waals surface area contributed by atoms with E-state index in [0.717, 1.165) is 17.0 Å². The number of aromatic amines is 1. The highest BCUT2D eigenvalue weighted by molar-refractivity contribution is 5.69. The van der Waals surface area contributed by atoms with E-state index >= 15 is 0 Å². The summed E-state index contributed by atoms with van der Waals surface area (Å²) < 4.78 is 5.28. The number of aryl methyl sites for hydroxylation is 1. The third kappa shape index (κ3) is 1.79. The first-order valence-corrected chi connectivity index (χ1v) is 4.66. The number of H-pyrrole nitrogens is 1. The predicted octanol–water partition coefficient (Wildman–Crippen LogP) is 1.98. The van der Waals surface area contributed by atoms with Crippen molar-refractivity contribution < 1.29 is 4.74 Å². The summed E-state index contributed by atoms with van der Waals surface area (Å²) in [5.41, 5.74) is 8.57. The highest BCUT2D eigenvalue weighted by atomic mass is 16.5. The number of methoxy groups -OCH3 is 1. The lowest BCUT2D eigenvalue weighted by molar-refractivity contribution is 0.416. The third-order valence-corrected chi connectivity index (χ3v) is 2.24. The lowest BCUT2D eigenvalue weighted by Crippen LogP contribution is -1.88. The van der Waals surface area contributed by atoms with Gasteiger partial charge in [0.2, 0.25) is 0 Å². The molecule has 0 atom stereocenters. The van der Waals surface area contributed by atoms with Gasteiger partial charge in [0.05, 0.1) is 12.8 Å². The van der Waals surface area contributed by atoms with E-state index in [1.807, 2.05) is 25.1 Å². The van der Waals surface area contributed by atoms with E-state index in [0.29, 0.717) is 5.82 Å². The van der Waals surface area contributed by atoms with Crippen molar-refractivity contribution in [2.45, 2.75) is 6.92 Å². The lowest BCUT2D eigenvalue weighted by Gasteiger charge is -2.07. The first kappa shape index (κ1) is 9.58. The zero-order valence-corrected chi connectivity index (χ0v) is 8.74. The van der Waals surface area contributed by atoms with Crippen molar-refractivity contribution in [1.29, 1.82) is 0 Å². The van der Waals surface area contributed by atoms with Crippen LogP contribution in [0, 0.1) is 6.92 Å². The number of hydrogen-bond acceptors (Lipinski definition) is 3. The average molecular weight is 203 g/mol. The maximum Gasteiger partial charge on any atom is 0.145 e. The fraction of sp³-hybridized carbons (Fsp3) is 0.182. The molecule has 0 unspecified atom stereocenters. The Bertz CT molecular complexity index is 476. The number of aromatic nitrogens is 2. The fourth-order valence-corrected chi connectivity index (χ4v) is 1.51. The second kappa shape index (κ2) is 3.65. The second-order valence-corrected chi connectivity index (χ2v) is 3.41. The number of nitrogens with one attached hydrogen (secondary N) is 1. The molecule has 1 heterocycles. The molecule has 3 N–H and O–H groups in total. The summed E-state index contributed by atoms with van der Waals surface area (Å²) >= 11 is 0. The molecule has 0 bridgehead atoms. The van der Waals surface area contributed by atoms with Crippen LogP contribution in [0.1, 0.15) is 5.56 Å². The van der Waals surface area contributed by atoms with Gasteiger partial charge in [0.25, 0.3) is 0 Å². The smallest absolute Gasteiger partial charge is 0.145 e. The van der Waals surface area contributed by atoms with Crippen molar-refractivity contribution >= 4 is 5.82 Å². The zero-order chi connectivity index (χ0) is 10.8. The van der Waals surface area contributed by atoms with E-state index in [-0.39, 0.29) is 0 Å². The summed E-state index contributed by atoms with van der Waals surface area (Å²) in [6.45, 7) is 2.03. The first-order chi connectivity index (χ1) is 7.20. The van der Waals surface area contributed by atoms with Crippen molar-refractivity contribution in [3.8, 4) is 17.0 Å². The molecule has 0 amide bonds. The van der Waals surface area contributed by atoms with Crippen LogP contribution >= 0.6 is 0 Å². The van der Waals surface area contributed by atoms with Crippen LogP contribution in [0.3, 0.4) is 0 Å². The van der Waals surface area contributed by atoms with Gasteiger partial charge >= 0.3 is 0 Å². The van der Waals surface area contributed by atoms with Gasteiger partial charge in [-0.15, -0.1) is 0 Å². The number of nitrogens with two attached hydrogens (primary N) is 1. The van der Waals surface area contributed by atoms with Crippen LogP contribution < -0.4 is 10.5 Å². The minimum Gasteiger partial charge on any atom is -0.496 e. The molecule has 2 rings (SSSR count). The minimum absolute atomic E-state index is 0.480. The maximum absolute atomic E-state index is 5.56. The van der Waals surface area contributed by atoms with Crippen LogP contribution in [0.2, 0.25) is 0 Å². The maximum atomic E-state index is 5.56. The van der Waals surface area contributed by atoms with Gasteiger partial charge in [-0.3, -0.25) is 5.10 Å². The van der Waals surface area contributed by atoms with Crippen molar-refractivity contribution in [2.24, 2.45) is 0 Å². The summed E-state index contributed by atoms with van der Waals surface area (Å²) in [5, 5.41) is 6.76. The van der Waals surface area contributed by atoms with E-state index in [1.165, 1.54) is 5.56 Å². The number of benzene rings is 1. The van der Waals surface area contributed by atoms with Gasteiger partial charge in [-0.05, 0) is 19.1 Å². The van der Waals surface area contributed by atoms with Gasteiger partial charge in [0, 0.05) is 11.6 Å². The molecule has 15 heavy (non-hydrogen) atoms. The Morgan fingerprint density at radius 2 is 2.13 bits per heavy atom. The number of rotatable bonds is 2. The number of anilines is 1. The van der Waals surface area contributed by atoms with Crippen LogP contribution in [0.15, 0.2) is 24.3 Å². The number of nitrogen functional groups attached to an aromatic ring is 1. The number of nitrogens with zero attached hydrogens (tertiary/aromatic N) is 1. The molecule has 0 radical (unpaired) electrons. The molecule has 2 aromatic rings. The summed E-state index contributed by atoms with van der Waals surface area (Å²) in [6, 6.07) is 7.76. The Kier molecular flexibility index (Phi) is 2.33. The Labute approximate surface area is 88.1 Å². The first-order valence-electron chi connectivity index (χ1n) is 4.66. The monoisotopic (exact) mass is 203 g/mol. The molecule has 0 aliphatic carbocycles. The molecule has 1 aromatic carbocycles.